The fourth-order valence-electron chi connectivity index (χ4n) is 1.08. The molecule has 5 heteroatoms. The molecule has 0 fully saturated rings. The first kappa shape index (κ1) is 12.3. The number of urea groups is 1. The summed E-state index contributed by atoms with van der Waals surface area (Å²) in [4.78, 5) is 12.7. The predicted molar refractivity (Wildman–Crippen MR) is 60.3 cm³/mol. The van der Waals surface area contributed by atoms with Crippen LogP contribution < -0.4 is 10.1 Å². The van der Waals surface area contributed by atoms with E-state index < -0.39 is 5.82 Å². The number of ether oxygens (including phenoxy) is 1. The number of nitrogens with zero attached hydrogens (tertiary/aromatic N) is 1. The standard InChI is InChI=1S/C11H15FN2O2/c1-4-16-10-7-8(5-6-9(10)12)13-11(15)14(2)3/h5-7H,4H2,1-3H3,(H,13,15). The van der Waals surface area contributed by atoms with Gasteiger partial charge in [-0.05, 0) is 19.1 Å². The summed E-state index contributed by atoms with van der Waals surface area (Å²) in [6.45, 7) is 2.15. The van der Waals surface area contributed by atoms with Crippen molar-refractivity contribution in [2.45, 2.75) is 6.92 Å². The SMILES string of the molecule is CCOc1cc(NC(=O)N(C)C)ccc1F. The molecule has 16 heavy (non-hydrogen) atoms. The predicted octanol–water partition coefficient (Wildman–Crippen LogP) is 2.32. The highest BCUT2D eigenvalue weighted by molar-refractivity contribution is 5.89. The Morgan fingerprint density at radius 1 is 1.50 bits per heavy atom. The fraction of sp³-hybridized carbons (Fsp3) is 0.364. The number of benzene rings is 1. The molecule has 2 amide bonds. The van der Waals surface area contributed by atoms with Crippen molar-refractivity contribution in [1.29, 1.82) is 0 Å². The van der Waals surface area contributed by atoms with E-state index in [4.69, 9.17) is 4.74 Å². The van der Waals surface area contributed by atoms with Crippen molar-refractivity contribution in [3.8, 4) is 5.75 Å². The van der Waals surface area contributed by atoms with Crippen LogP contribution in [-0.4, -0.2) is 31.6 Å². The van der Waals surface area contributed by atoms with Gasteiger partial charge >= 0.3 is 6.03 Å². The van der Waals surface area contributed by atoms with E-state index in [1.165, 1.54) is 23.1 Å². The largest absolute Gasteiger partial charge is 0.491 e. The number of rotatable bonds is 3. The topological polar surface area (TPSA) is 41.6 Å². The average Bonchev–Trinajstić information content (AvgIpc) is 2.23. The van der Waals surface area contributed by atoms with Crippen LogP contribution in [0.25, 0.3) is 0 Å². The smallest absolute Gasteiger partial charge is 0.321 e. The molecule has 1 aromatic carbocycles. The van der Waals surface area contributed by atoms with Crippen molar-refractivity contribution in [2.24, 2.45) is 0 Å². The average molecular weight is 226 g/mol. The zero-order valence-corrected chi connectivity index (χ0v) is 9.58. The van der Waals surface area contributed by atoms with Crippen LogP contribution in [-0.2, 0) is 0 Å². The maximum Gasteiger partial charge on any atom is 0.321 e. The van der Waals surface area contributed by atoms with Gasteiger partial charge in [0.05, 0.1) is 6.61 Å². The van der Waals surface area contributed by atoms with Crippen LogP contribution in [0.5, 0.6) is 5.75 Å². The Hall–Kier alpha value is -1.78. The molecule has 0 heterocycles. The zero-order valence-electron chi connectivity index (χ0n) is 9.58. The lowest BCUT2D eigenvalue weighted by Crippen LogP contribution is -2.27. The maximum absolute atomic E-state index is 13.2. The van der Waals surface area contributed by atoms with E-state index in [2.05, 4.69) is 5.32 Å². The van der Waals surface area contributed by atoms with E-state index in [0.29, 0.717) is 12.3 Å². The van der Waals surface area contributed by atoms with Crippen LogP contribution in [0.4, 0.5) is 14.9 Å². The summed E-state index contributed by atoms with van der Waals surface area (Å²) in [6, 6.07) is 3.93. The number of amides is 2. The van der Waals surface area contributed by atoms with Gasteiger partial charge in [-0.15, -0.1) is 0 Å². The zero-order chi connectivity index (χ0) is 12.1. The van der Waals surface area contributed by atoms with Gasteiger partial charge < -0.3 is 15.0 Å². The summed E-state index contributed by atoms with van der Waals surface area (Å²) >= 11 is 0. The number of anilines is 1. The summed E-state index contributed by atoms with van der Waals surface area (Å²) < 4.78 is 18.3. The highest BCUT2D eigenvalue weighted by Crippen LogP contribution is 2.21. The van der Waals surface area contributed by atoms with Crippen molar-refractivity contribution in [2.75, 3.05) is 26.0 Å². The third-order valence-electron chi connectivity index (χ3n) is 1.89. The van der Waals surface area contributed by atoms with Crippen LogP contribution in [0.2, 0.25) is 0 Å². The Labute approximate surface area is 94.0 Å². The molecule has 4 nitrogen and oxygen atoms in total. The van der Waals surface area contributed by atoms with E-state index in [9.17, 15) is 9.18 Å². The van der Waals surface area contributed by atoms with Crippen molar-refractivity contribution in [1.82, 2.24) is 4.90 Å². The monoisotopic (exact) mass is 226 g/mol. The molecule has 0 saturated carbocycles. The number of carbonyl (C=O) groups excluding carboxylic acids is 1. The molecule has 0 atom stereocenters. The first-order valence-corrected chi connectivity index (χ1v) is 4.95. The van der Waals surface area contributed by atoms with Crippen LogP contribution in [0.15, 0.2) is 18.2 Å². The summed E-state index contributed by atoms with van der Waals surface area (Å²) in [6.07, 6.45) is 0. The molecule has 1 rings (SSSR count). The third kappa shape index (κ3) is 3.12. The summed E-state index contributed by atoms with van der Waals surface area (Å²) in [5.74, 6) is -0.302. The number of halogens is 1. The first-order chi connectivity index (χ1) is 7.54. The molecule has 1 aromatic rings. The van der Waals surface area contributed by atoms with Crippen LogP contribution in [0.1, 0.15) is 6.92 Å². The van der Waals surface area contributed by atoms with Gasteiger partial charge in [-0.25, -0.2) is 9.18 Å². The molecule has 0 unspecified atom stereocenters. The molecular formula is C11H15FN2O2. The van der Waals surface area contributed by atoms with E-state index in [1.807, 2.05) is 0 Å². The molecule has 0 aliphatic rings. The minimum absolute atomic E-state index is 0.138. The molecule has 0 aromatic heterocycles. The summed E-state index contributed by atoms with van der Waals surface area (Å²) in [5, 5.41) is 2.61. The second kappa shape index (κ2) is 5.34. The number of nitrogens with one attached hydrogen (secondary N) is 1. The van der Waals surface area contributed by atoms with Gasteiger partial charge in [-0.1, -0.05) is 0 Å². The Morgan fingerprint density at radius 3 is 2.75 bits per heavy atom. The quantitative estimate of drug-likeness (QED) is 0.859. The number of hydrogen-bond acceptors (Lipinski definition) is 2. The van der Waals surface area contributed by atoms with Gasteiger partial charge in [0.25, 0.3) is 0 Å². The number of hydrogen-bond donors (Lipinski definition) is 1. The Bertz CT molecular complexity index is 380. The lowest BCUT2D eigenvalue weighted by atomic mass is 10.3. The first-order valence-electron chi connectivity index (χ1n) is 4.95. The Balaban J connectivity index is 2.82. The molecule has 0 radical (unpaired) electrons. The molecular weight excluding hydrogens is 211 g/mol. The van der Waals surface area contributed by atoms with Gasteiger partial charge in [0.15, 0.2) is 11.6 Å². The molecule has 1 N–H and O–H groups in total. The normalized spacial score (nSPS) is 9.75. The fourth-order valence-corrected chi connectivity index (χ4v) is 1.08. The van der Waals surface area contributed by atoms with Crippen LogP contribution >= 0.6 is 0 Å². The van der Waals surface area contributed by atoms with Gasteiger partial charge in [0.2, 0.25) is 0 Å². The Kier molecular flexibility index (Phi) is 4.10. The Morgan fingerprint density at radius 2 is 2.19 bits per heavy atom. The second-order valence-electron chi connectivity index (χ2n) is 3.40. The maximum atomic E-state index is 13.2. The van der Waals surface area contributed by atoms with Gasteiger partial charge in [0, 0.05) is 25.8 Å². The van der Waals surface area contributed by atoms with Crippen molar-refractivity contribution >= 4 is 11.7 Å². The lowest BCUT2D eigenvalue weighted by molar-refractivity contribution is 0.230. The van der Waals surface area contributed by atoms with Gasteiger partial charge in [-0.2, -0.15) is 0 Å². The molecule has 0 spiro atoms. The molecule has 0 saturated heterocycles. The molecule has 88 valence electrons. The molecule has 0 bridgehead atoms. The van der Waals surface area contributed by atoms with Crippen LogP contribution in [0.3, 0.4) is 0 Å². The van der Waals surface area contributed by atoms with Gasteiger partial charge in [-0.3, -0.25) is 0 Å². The minimum atomic E-state index is -0.440. The highest BCUT2D eigenvalue weighted by atomic mass is 19.1. The summed E-state index contributed by atoms with van der Waals surface area (Å²) in [7, 11) is 3.25. The van der Waals surface area contributed by atoms with E-state index >= 15 is 0 Å². The second-order valence-corrected chi connectivity index (χ2v) is 3.40. The summed E-state index contributed by atoms with van der Waals surface area (Å²) in [5.41, 5.74) is 0.503. The molecule has 0 aliphatic heterocycles. The van der Waals surface area contributed by atoms with Crippen LogP contribution in [0, 0.1) is 5.82 Å². The van der Waals surface area contributed by atoms with Crippen molar-refractivity contribution in [3.63, 3.8) is 0 Å². The van der Waals surface area contributed by atoms with Gasteiger partial charge in [0.1, 0.15) is 0 Å². The van der Waals surface area contributed by atoms with E-state index in [1.54, 1.807) is 21.0 Å². The number of carbonyl (C=O) groups is 1. The van der Waals surface area contributed by atoms with E-state index in [-0.39, 0.29) is 11.8 Å². The minimum Gasteiger partial charge on any atom is -0.491 e. The lowest BCUT2D eigenvalue weighted by Gasteiger charge is -2.13. The van der Waals surface area contributed by atoms with E-state index in [0.717, 1.165) is 0 Å². The van der Waals surface area contributed by atoms with Crippen molar-refractivity contribution in [3.05, 3.63) is 24.0 Å². The third-order valence-corrected chi connectivity index (χ3v) is 1.89. The highest BCUT2D eigenvalue weighted by Gasteiger charge is 2.07. The molecule has 0 aliphatic carbocycles. The van der Waals surface area contributed by atoms with Crippen molar-refractivity contribution < 1.29 is 13.9 Å².